The summed E-state index contributed by atoms with van der Waals surface area (Å²) in [4.78, 5) is 0. The molecule has 0 saturated heterocycles. The highest BCUT2D eigenvalue weighted by Crippen LogP contribution is 2.41. The average Bonchev–Trinajstić information content (AvgIpc) is 2.82. The van der Waals surface area contributed by atoms with Crippen molar-refractivity contribution >= 4 is 8.80 Å². The van der Waals surface area contributed by atoms with Crippen LogP contribution in [0.2, 0.25) is 0 Å². The third-order valence-electron chi connectivity index (χ3n) is 8.13. The van der Waals surface area contributed by atoms with E-state index < -0.39 is 8.80 Å². The van der Waals surface area contributed by atoms with Crippen LogP contribution in [0.4, 0.5) is 0 Å². The van der Waals surface area contributed by atoms with Gasteiger partial charge in [-0.15, -0.1) is 0 Å². The molecule has 0 amide bonds. The minimum Gasteiger partial charge on any atom is -1.00 e. The van der Waals surface area contributed by atoms with Crippen LogP contribution in [0.5, 0.6) is 0 Å². The molecule has 1 atom stereocenters. The normalized spacial score (nSPS) is 14.1. The monoisotopic (exact) mass is 523 g/mol. The minimum atomic E-state index is -2.84. The zero-order chi connectivity index (χ0) is 25.1. The van der Waals surface area contributed by atoms with Crippen LogP contribution in [0.1, 0.15) is 136 Å². The third-order valence-corrected chi connectivity index (χ3v) is 12.1. The molecule has 0 aliphatic heterocycles. The summed E-state index contributed by atoms with van der Waals surface area (Å²) >= 11 is 0. The predicted molar refractivity (Wildman–Crippen MR) is 147 cm³/mol. The van der Waals surface area contributed by atoms with E-state index in [9.17, 15) is 0 Å². The molecule has 0 aromatic rings. The molecule has 0 saturated carbocycles. The Labute approximate surface area is 222 Å². The highest BCUT2D eigenvalue weighted by Gasteiger charge is 2.67. The van der Waals surface area contributed by atoms with Gasteiger partial charge >= 0.3 is 8.80 Å². The first kappa shape index (κ1) is 36.5. The highest BCUT2D eigenvalue weighted by atomic mass is 35.5. The largest absolute Gasteiger partial charge is 1.00 e. The van der Waals surface area contributed by atoms with Crippen molar-refractivity contribution in [2.75, 3.05) is 42.0 Å². The molecular formula is C28H62ClNO3Si. The molecule has 0 aromatic carbocycles. The van der Waals surface area contributed by atoms with Crippen LogP contribution in [-0.4, -0.2) is 60.4 Å². The molecule has 0 spiro atoms. The molecule has 0 aliphatic carbocycles. The van der Waals surface area contributed by atoms with Gasteiger partial charge < -0.3 is 30.2 Å². The van der Waals surface area contributed by atoms with E-state index in [2.05, 4.69) is 34.9 Å². The lowest BCUT2D eigenvalue weighted by molar-refractivity contribution is -0.932. The first-order valence-electron chi connectivity index (χ1n) is 14.3. The number of hydrogen-bond donors (Lipinski definition) is 0. The van der Waals surface area contributed by atoms with Gasteiger partial charge in [0.05, 0.1) is 20.6 Å². The summed E-state index contributed by atoms with van der Waals surface area (Å²) in [5, 5.41) is -0.103. The number of rotatable bonds is 24. The van der Waals surface area contributed by atoms with Crippen molar-refractivity contribution in [1.82, 2.24) is 0 Å². The van der Waals surface area contributed by atoms with Gasteiger partial charge in [-0.2, -0.15) is 0 Å². The molecule has 0 aromatic heterocycles. The number of hydrogen-bond acceptors (Lipinski definition) is 3. The van der Waals surface area contributed by atoms with Crippen LogP contribution >= 0.6 is 0 Å². The van der Waals surface area contributed by atoms with E-state index in [-0.39, 0.29) is 17.6 Å². The van der Waals surface area contributed by atoms with Gasteiger partial charge in [-0.05, 0) is 19.3 Å². The molecule has 34 heavy (non-hydrogen) atoms. The lowest BCUT2D eigenvalue weighted by Gasteiger charge is -2.53. The second kappa shape index (κ2) is 21.4. The van der Waals surface area contributed by atoms with Crippen molar-refractivity contribution in [3.63, 3.8) is 0 Å². The van der Waals surface area contributed by atoms with Crippen LogP contribution < -0.4 is 12.4 Å². The van der Waals surface area contributed by atoms with Crippen molar-refractivity contribution in [2.45, 2.75) is 142 Å². The van der Waals surface area contributed by atoms with E-state index in [4.69, 9.17) is 13.3 Å². The van der Waals surface area contributed by atoms with Crippen LogP contribution in [-0.2, 0) is 13.3 Å². The molecule has 0 rings (SSSR count). The fraction of sp³-hybridized carbons (Fsp3) is 1.00. The van der Waals surface area contributed by atoms with Gasteiger partial charge in [-0.3, -0.25) is 0 Å². The Morgan fingerprint density at radius 1 is 0.559 bits per heavy atom. The molecule has 4 nitrogen and oxygen atoms in total. The van der Waals surface area contributed by atoms with Crippen LogP contribution in [0.3, 0.4) is 0 Å². The highest BCUT2D eigenvalue weighted by molar-refractivity contribution is 6.63. The summed E-state index contributed by atoms with van der Waals surface area (Å²) in [5.74, 6) is 0. The molecule has 0 bridgehead atoms. The standard InChI is InChI=1S/C28H62NO3Si.ClH/c1-9-12-14-16-18-20-22-24-26-28(11-3,33(30-6,31-7)32-8)29(4,5)27-25-23-21-19-17-15-13-10-2;/h9-27H2,1-8H3;1H/q+1;/p-1. The summed E-state index contributed by atoms with van der Waals surface area (Å²) < 4.78 is 19.4. The molecular weight excluding hydrogens is 462 g/mol. The topological polar surface area (TPSA) is 27.7 Å². The Balaban J connectivity index is 0. The maximum absolute atomic E-state index is 6.16. The zero-order valence-corrected chi connectivity index (χ0v) is 26.2. The summed E-state index contributed by atoms with van der Waals surface area (Å²) in [6.45, 7) is 8.05. The number of unbranched alkanes of at least 4 members (excludes halogenated alkanes) is 14. The van der Waals surface area contributed by atoms with Crippen LogP contribution in [0.25, 0.3) is 0 Å². The molecule has 0 N–H and O–H groups in total. The van der Waals surface area contributed by atoms with Crippen molar-refractivity contribution in [3.8, 4) is 0 Å². The van der Waals surface area contributed by atoms with Gasteiger partial charge in [0.15, 0.2) is 5.16 Å². The molecule has 0 fully saturated rings. The first-order chi connectivity index (χ1) is 15.9. The molecule has 0 aliphatic rings. The molecule has 208 valence electrons. The fourth-order valence-electron chi connectivity index (χ4n) is 5.87. The van der Waals surface area contributed by atoms with E-state index in [1.807, 2.05) is 0 Å². The van der Waals surface area contributed by atoms with E-state index in [1.165, 1.54) is 103 Å². The predicted octanol–water partition coefficient (Wildman–Crippen LogP) is 5.30. The van der Waals surface area contributed by atoms with Crippen LogP contribution in [0, 0.1) is 0 Å². The van der Waals surface area contributed by atoms with E-state index in [0.29, 0.717) is 0 Å². The number of quaternary nitrogens is 1. The summed E-state index contributed by atoms with van der Waals surface area (Å²) in [6, 6.07) is 0. The lowest BCUT2D eigenvalue weighted by atomic mass is 9.99. The lowest BCUT2D eigenvalue weighted by Crippen LogP contribution is -3.00. The van der Waals surface area contributed by atoms with Gasteiger partial charge in [-0.25, -0.2) is 0 Å². The van der Waals surface area contributed by atoms with Gasteiger partial charge in [-0.1, -0.05) is 104 Å². The van der Waals surface area contributed by atoms with E-state index in [1.54, 1.807) is 21.3 Å². The molecule has 0 heterocycles. The van der Waals surface area contributed by atoms with Gasteiger partial charge in [0, 0.05) is 34.2 Å². The number of nitrogens with zero attached hydrogens (tertiary/aromatic N) is 1. The minimum absolute atomic E-state index is 0. The SMILES string of the molecule is CCCCCCCCCCC(CC)([N+](C)(C)CCCCCCCCCC)[Si](OC)(OC)OC.[Cl-]. The maximum atomic E-state index is 6.16. The van der Waals surface area contributed by atoms with Crippen molar-refractivity contribution in [1.29, 1.82) is 0 Å². The third kappa shape index (κ3) is 11.6. The Morgan fingerprint density at radius 2 is 0.912 bits per heavy atom. The zero-order valence-electron chi connectivity index (χ0n) is 24.5. The van der Waals surface area contributed by atoms with Gasteiger partial charge in [0.25, 0.3) is 0 Å². The van der Waals surface area contributed by atoms with Gasteiger partial charge in [0.1, 0.15) is 0 Å². The Hall–Kier alpha value is 0.347. The summed E-state index contributed by atoms with van der Waals surface area (Å²) in [5.41, 5.74) is 0. The van der Waals surface area contributed by atoms with Crippen molar-refractivity contribution in [3.05, 3.63) is 0 Å². The van der Waals surface area contributed by atoms with E-state index in [0.717, 1.165) is 23.9 Å². The second-order valence-electron chi connectivity index (χ2n) is 10.7. The Morgan fingerprint density at radius 3 is 1.26 bits per heavy atom. The van der Waals surface area contributed by atoms with Crippen molar-refractivity contribution < 1.29 is 30.2 Å². The Kier molecular flexibility index (Phi) is 23.0. The summed E-state index contributed by atoms with van der Waals surface area (Å²) in [7, 11) is 7.36. The second-order valence-corrected chi connectivity index (χ2v) is 13.9. The van der Waals surface area contributed by atoms with E-state index >= 15 is 0 Å². The van der Waals surface area contributed by atoms with Crippen molar-refractivity contribution in [2.24, 2.45) is 0 Å². The average molecular weight is 524 g/mol. The maximum Gasteiger partial charge on any atom is 0.565 e. The first-order valence-corrected chi connectivity index (χ1v) is 16.1. The fourth-order valence-corrected chi connectivity index (χ4v) is 9.28. The molecule has 1 unspecified atom stereocenters. The Bertz CT molecular complexity index is 441. The number of halogens is 1. The molecule has 6 heteroatoms. The summed E-state index contributed by atoms with van der Waals surface area (Å²) in [6.07, 6.45) is 23.7. The smallest absolute Gasteiger partial charge is 0.565 e. The quantitative estimate of drug-likeness (QED) is 0.0975. The van der Waals surface area contributed by atoms with Crippen LogP contribution in [0.15, 0.2) is 0 Å². The van der Waals surface area contributed by atoms with Gasteiger partial charge in [0.2, 0.25) is 0 Å². The molecule has 0 radical (unpaired) electrons.